The van der Waals surface area contributed by atoms with Gasteiger partial charge in [0.25, 0.3) is 0 Å². The van der Waals surface area contributed by atoms with Gasteiger partial charge in [-0.2, -0.15) is 0 Å². The molecular weight excluding hydrogens is 243 g/mol. The second-order valence-electron chi connectivity index (χ2n) is 5.07. The van der Waals surface area contributed by atoms with Crippen molar-refractivity contribution in [2.75, 3.05) is 37.0 Å². The molecule has 1 unspecified atom stereocenters. The molecule has 106 valence electrons. The summed E-state index contributed by atoms with van der Waals surface area (Å²) in [7, 11) is 1.68. The van der Waals surface area contributed by atoms with Gasteiger partial charge in [-0.25, -0.2) is 4.39 Å². The van der Waals surface area contributed by atoms with Crippen LogP contribution in [0.5, 0.6) is 0 Å². The van der Waals surface area contributed by atoms with E-state index in [1.165, 1.54) is 0 Å². The van der Waals surface area contributed by atoms with Gasteiger partial charge in [0.1, 0.15) is 5.82 Å². The van der Waals surface area contributed by atoms with E-state index in [0.29, 0.717) is 6.61 Å². The summed E-state index contributed by atoms with van der Waals surface area (Å²) in [5.41, 5.74) is 1.55. The van der Waals surface area contributed by atoms with E-state index in [-0.39, 0.29) is 11.9 Å². The zero-order chi connectivity index (χ0) is 13.7. The first-order valence-corrected chi connectivity index (χ1v) is 7.04. The molecule has 0 aromatic heterocycles. The van der Waals surface area contributed by atoms with E-state index in [4.69, 9.17) is 4.74 Å². The summed E-state index contributed by atoms with van der Waals surface area (Å²) in [6, 6.07) is 5.64. The summed E-state index contributed by atoms with van der Waals surface area (Å²) in [6.45, 7) is 4.65. The highest BCUT2D eigenvalue weighted by Crippen LogP contribution is 2.26. The molecule has 4 heteroatoms. The molecule has 0 bridgehead atoms. The molecule has 1 fully saturated rings. The molecule has 1 saturated heterocycles. The van der Waals surface area contributed by atoms with Crippen LogP contribution in [0.4, 0.5) is 15.8 Å². The van der Waals surface area contributed by atoms with Crippen molar-refractivity contribution in [2.24, 2.45) is 0 Å². The van der Waals surface area contributed by atoms with Gasteiger partial charge in [0.2, 0.25) is 0 Å². The van der Waals surface area contributed by atoms with E-state index in [1.807, 2.05) is 12.1 Å². The third kappa shape index (κ3) is 3.60. The fourth-order valence-corrected chi connectivity index (χ4v) is 2.51. The van der Waals surface area contributed by atoms with Gasteiger partial charge in [0, 0.05) is 31.9 Å². The number of benzene rings is 1. The molecule has 1 N–H and O–H groups in total. The summed E-state index contributed by atoms with van der Waals surface area (Å²) in [6.07, 6.45) is 3.26. The Labute approximate surface area is 114 Å². The number of anilines is 2. The van der Waals surface area contributed by atoms with Crippen LogP contribution < -0.4 is 10.2 Å². The van der Waals surface area contributed by atoms with Crippen molar-refractivity contribution < 1.29 is 9.13 Å². The second kappa shape index (κ2) is 6.75. The van der Waals surface area contributed by atoms with Crippen molar-refractivity contribution in [3.63, 3.8) is 0 Å². The second-order valence-corrected chi connectivity index (χ2v) is 5.07. The SMILES string of the molecule is CCC(COC)Nc1ccc(N2CCCC2)c(F)c1. The molecule has 3 nitrogen and oxygen atoms in total. The number of ether oxygens (including phenoxy) is 1. The molecule has 0 radical (unpaired) electrons. The van der Waals surface area contributed by atoms with Gasteiger partial charge < -0.3 is 15.0 Å². The van der Waals surface area contributed by atoms with Crippen molar-refractivity contribution in [1.82, 2.24) is 0 Å². The molecule has 1 aromatic carbocycles. The first kappa shape index (κ1) is 14.1. The van der Waals surface area contributed by atoms with E-state index in [0.717, 1.165) is 43.7 Å². The fourth-order valence-electron chi connectivity index (χ4n) is 2.51. The lowest BCUT2D eigenvalue weighted by atomic mass is 10.2. The average Bonchev–Trinajstić information content (AvgIpc) is 2.92. The maximum absolute atomic E-state index is 14.1. The number of rotatable bonds is 6. The molecule has 19 heavy (non-hydrogen) atoms. The maximum Gasteiger partial charge on any atom is 0.148 e. The van der Waals surface area contributed by atoms with Gasteiger partial charge in [-0.05, 0) is 37.5 Å². The van der Waals surface area contributed by atoms with Gasteiger partial charge in [0.15, 0.2) is 0 Å². The number of methoxy groups -OCH3 is 1. The number of hydrogen-bond acceptors (Lipinski definition) is 3. The van der Waals surface area contributed by atoms with Gasteiger partial charge in [-0.3, -0.25) is 0 Å². The highest BCUT2D eigenvalue weighted by atomic mass is 19.1. The van der Waals surface area contributed by atoms with Crippen LogP contribution in [0, 0.1) is 5.82 Å². The van der Waals surface area contributed by atoms with Crippen LogP contribution in [-0.2, 0) is 4.74 Å². The first-order valence-electron chi connectivity index (χ1n) is 7.04. The van der Waals surface area contributed by atoms with E-state index in [9.17, 15) is 4.39 Å². The highest BCUT2D eigenvalue weighted by Gasteiger charge is 2.16. The molecule has 1 atom stereocenters. The molecule has 1 heterocycles. The smallest absolute Gasteiger partial charge is 0.148 e. The Bertz CT molecular complexity index is 405. The van der Waals surface area contributed by atoms with Crippen LogP contribution in [0.15, 0.2) is 18.2 Å². The van der Waals surface area contributed by atoms with Crippen molar-refractivity contribution in [1.29, 1.82) is 0 Å². The molecule has 0 aliphatic carbocycles. The Morgan fingerprint density at radius 1 is 1.37 bits per heavy atom. The van der Waals surface area contributed by atoms with Gasteiger partial charge in [-0.1, -0.05) is 6.92 Å². The number of hydrogen-bond donors (Lipinski definition) is 1. The van der Waals surface area contributed by atoms with Crippen LogP contribution in [-0.4, -0.2) is 32.8 Å². The summed E-state index contributed by atoms with van der Waals surface area (Å²) >= 11 is 0. The monoisotopic (exact) mass is 266 g/mol. The molecule has 1 aliphatic heterocycles. The molecule has 1 aromatic rings. The predicted molar refractivity (Wildman–Crippen MR) is 77.4 cm³/mol. The molecule has 0 amide bonds. The highest BCUT2D eigenvalue weighted by molar-refractivity contribution is 5.57. The van der Waals surface area contributed by atoms with Crippen molar-refractivity contribution in [3.05, 3.63) is 24.0 Å². The van der Waals surface area contributed by atoms with E-state index < -0.39 is 0 Å². The minimum atomic E-state index is -0.140. The Kier molecular flexibility index (Phi) is 5.02. The Morgan fingerprint density at radius 3 is 2.68 bits per heavy atom. The fraction of sp³-hybridized carbons (Fsp3) is 0.600. The third-order valence-corrected chi connectivity index (χ3v) is 3.63. The van der Waals surface area contributed by atoms with Gasteiger partial charge in [-0.15, -0.1) is 0 Å². The maximum atomic E-state index is 14.1. The minimum Gasteiger partial charge on any atom is -0.383 e. The van der Waals surface area contributed by atoms with Crippen molar-refractivity contribution in [3.8, 4) is 0 Å². The summed E-state index contributed by atoms with van der Waals surface area (Å²) < 4.78 is 19.3. The Balaban J connectivity index is 2.05. The van der Waals surface area contributed by atoms with Gasteiger partial charge in [0.05, 0.1) is 12.3 Å². The molecular formula is C15H23FN2O. The topological polar surface area (TPSA) is 24.5 Å². The van der Waals surface area contributed by atoms with E-state index in [1.54, 1.807) is 13.2 Å². The first-order chi connectivity index (χ1) is 9.24. The normalized spacial score (nSPS) is 16.7. The quantitative estimate of drug-likeness (QED) is 0.855. The van der Waals surface area contributed by atoms with Crippen molar-refractivity contribution >= 4 is 11.4 Å². The Morgan fingerprint density at radius 2 is 2.11 bits per heavy atom. The van der Waals surface area contributed by atoms with Gasteiger partial charge >= 0.3 is 0 Å². The molecule has 2 rings (SSSR count). The molecule has 1 aliphatic rings. The summed E-state index contributed by atoms with van der Waals surface area (Å²) in [5.74, 6) is -0.140. The number of nitrogens with one attached hydrogen (secondary N) is 1. The number of halogens is 1. The Hall–Kier alpha value is -1.29. The van der Waals surface area contributed by atoms with E-state index >= 15 is 0 Å². The molecule has 0 spiro atoms. The zero-order valence-electron chi connectivity index (χ0n) is 11.8. The minimum absolute atomic E-state index is 0.140. The molecule has 0 saturated carbocycles. The standard InChI is InChI=1S/C15H23FN2O/c1-3-12(11-19-2)17-13-6-7-15(14(16)10-13)18-8-4-5-9-18/h6-7,10,12,17H,3-5,8-9,11H2,1-2H3. The van der Waals surface area contributed by atoms with Crippen LogP contribution in [0.3, 0.4) is 0 Å². The zero-order valence-corrected chi connectivity index (χ0v) is 11.8. The summed E-state index contributed by atoms with van der Waals surface area (Å²) in [4.78, 5) is 2.12. The van der Waals surface area contributed by atoms with E-state index in [2.05, 4.69) is 17.1 Å². The lowest BCUT2D eigenvalue weighted by Gasteiger charge is -2.21. The summed E-state index contributed by atoms with van der Waals surface area (Å²) in [5, 5.41) is 3.30. The third-order valence-electron chi connectivity index (χ3n) is 3.63. The lowest BCUT2D eigenvalue weighted by Crippen LogP contribution is -2.24. The average molecular weight is 266 g/mol. The van der Waals surface area contributed by atoms with Crippen LogP contribution in [0.25, 0.3) is 0 Å². The van der Waals surface area contributed by atoms with Crippen LogP contribution in [0.1, 0.15) is 26.2 Å². The van der Waals surface area contributed by atoms with Crippen LogP contribution in [0.2, 0.25) is 0 Å². The lowest BCUT2D eigenvalue weighted by molar-refractivity contribution is 0.184. The van der Waals surface area contributed by atoms with Crippen molar-refractivity contribution in [2.45, 2.75) is 32.2 Å². The largest absolute Gasteiger partial charge is 0.383 e. The van der Waals surface area contributed by atoms with Crippen LogP contribution >= 0.6 is 0 Å². The predicted octanol–water partition coefficient (Wildman–Crippen LogP) is 3.26. The number of nitrogens with zero attached hydrogens (tertiary/aromatic N) is 1.